The van der Waals surface area contributed by atoms with Gasteiger partial charge in [-0.3, -0.25) is 4.99 Å². The quantitative estimate of drug-likeness (QED) is 0.348. The van der Waals surface area contributed by atoms with E-state index in [1.54, 1.807) is 13.1 Å². The molecule has 4 nitrogen and oxygen atoms in total. The molecule has 1 rings (SSSR count). The predicted octanol–water partition coefficient (Wildman–Crippen LogP) is 1.72. The van der Waals surface area contributed by atoms with Crippen LogP contribution in [-0.4, -0.2) is 32.7 Å². The van der Waals surface area contributed by atoms with Gasteiger partial charge in [-0.05, 0) is 18.6 Å². The minimum Gasteiger partial charge on any atom is -0.491 e. The first-order valence-electron chi connectivity index (χ1n) is 6.01. The third kappa shape index (κ3) is 4.91. The molecule has 0 atom stereocenters. The highest BCUT2D eigenvalue weighted by molar-refractivity contribution is 5.79. The molecule has 0 spiro atoms. The number of para-hydroxylation sites is 1. The lowest BCUT2D eigenvalue weighted by atomic mass is 10.2. The molecule has 0 saturated carbocycles. The van der Waals surface area contributed by atoms with E-state index < -0.39 is 0 Å². The van der Waals surface area contributed by atoms with Crippen molar-refractivity contribution in [3.05, 3.63) is 42.5 Å². The highest BCUT2D eigenvalue weighted by atomic mass is 16.5. The molecule has 0 fully saturated rings. The molecule has 0 amide bonds. The first kappa shape index (κ1) is 14.1. The summed E-state index contributed by atoms with van der Waals surface area (Å²) in [4.78, 5) is 4.08. The SMILES string of the molecule is C=CCNC(=NC)NCCOc1ccccc1C. The third-order valence-electron chi connectivity index (χ3n) is 2.38. The average molecular weight is 247 g/mol. The van der Waals surface area contributed by atoms with Gasteiger partial charge in [-0.2, -0.15) is 0 Å². The van der Waals surface area contributed by atoms with E-state index >= 15 is 0 Å². The third-order valence-corrected chi connectivity index (χ3v) is 2.38. The number of benzene rings is 1. The average Bonchev–Trinajstić information content (AvgIpc) is 2.40. The monoisotopic (exact) mass is 247 g/mol. The van der Waals surface area contributed by atoms with Crippen LogP contribution in [0.1, 0.15) is 5.56 Å². The number of hydrogen-bond acceptors (Lipinski definition) is 2. The molecule has 0 bridgehead atoms. The minimum atomic E-state index is 0.597. The number of rotatable bonds is 6. The van der Waals surface area contributed by atoms with Gasteiger partial charge in [0.25, 0.3) is 0 Å². The summed E-state index contributed by atoms with van der Waals surface area (Å²) in [5.41, 5.74) is 1.15. The van der Waals surface area contributed by atoms with Crippen LogP contribution < -0.4 is 15.4 Å². The van der Waals surface area contributed by atoms with Crippen molar-refractivity contribution in [1.29, 1.82) is 0 Å². The first-order chi connectivity index (χ1) is 8.77. The van der Waals surface area contributed by atoms with Crippen LogP contribution in [0.5, 0.6) is 5.75 Å². The molecule has 0 saturated heterocycles. The highest BCUT2D eigenvalue weighted by Crippen LogP contribution is 2.15. The van der Waals surface area contributed by atoms with Gasteiger partial charge in [0.05, 0.1) is 6.54 Å². The zero-order valence-electron chi connectivity index (χ0n) is 11.1. The Balaban J connectivity index is 2.26. The van der Waals surface area contributed by atoms with Crippen LogP contribution in [-0.2, 0) is 0 Å². The number of aliphatic imine (C=N–C) groups is 1. The Labute approximate surface area is 109 Å². The van der Waals surface area contributed by atoms with Gasteiger partial charge in [0.15, 0.2) is 5.96 Å². The lowest BCUT2D eigenvalue weighted by molar-refractivity contribution is 0.320. The fourth-order valence-corrected chi connectivity index (χ4v) is 1.44. The van der Waals surface area contributed by atoms with Gasteiger partial charge in [-0.25, -0.2) is 0 Å². The Morgan fingerprint density at radius 2 is 2.17 bits per heavy atom. The Kier molecular flexibility index (Phi) is 6.40. The summed E-state index contributed by atoms with van der Waals surface area (Å²) >= 11 is 0. The zero-order valence-corrected chi connectivity index (χ0v) is 11.1. The van der Waals surface area contributed by atoms with Crippen molar-refractivity contribution in [3.63, 3.8) is 0 Å². The first-order valence-corrected chi connectivity index (χ1v) is 6.01. The van der Waals surface area contributed by atoms with Crippen molar-refractivity contribution in [3.8, 4) is 5.75 Å². The van der Waals surface area contributed by atoms with E-state index in [-0.39, 0.29) is 0 Å². The van der Waals surface area contributed by atoms with Crippen molar-refractivity contribution in [2.75, 3.05) is 26.7 Å². The topological polar surface area (TPSA) is 45.7 Å². The Morgan fingerprint density at radius 1 is 1.39 bits per heavy atom. The van der Waals surface area contributed by atoms with Gasteiger partial charge in [0.1, 0.15) is 12.4 Å². The fourth-order valence-electron chi connectivity index (χ4n) is 1.44. The predicted molar refractivity (Wildman–Crippen MR) is 76.2 cm³/mol. The van der Waals surface area contributed by atoms with Gasteiger partial charge in [-0.1, -0.05) is 24.3 Å². The maximum absolute atomic E-state index is 5.67. The number of nitrogens with one attached hydrogen (secondary N) is 2. The van der Waals surface area contributed by atoms with Crippen LogP contribution in [0.2, 0.25) is 0 Å². The van der Waals surface area contributed by atoms with Crippen molar-refractivity contribution in [2.45, 2.75) is 6.92 Å². The molecule has 1 aromatic rings. The summed E-state index contributed by atoms with van der Waals surface area (Å²) in [5.74, 6) is 1.68. The molecule has 2 N–H and O–H groups in total. The van der Waals surface area contributed by atoms with Crippen LogP contribution in [0.4, 0.5) is 0 Å². The molecule has 0 radical (unpaired) electrons. The number of ether oxygens (including phenoxy) is 1. The van der Waals surface area contributed by atoms with Crippen LogP contribution in [0.15, 0.2) is 41.9 Å². The summed E-state index contributed by atoms with van der Waals surface area (Å²) in [6.07, 6.45) is 1.79. The van der Waals surface area contributed by atoms with E-state index in [4.69, 9.17) is 4.74 Å². The maximum Gasteiger partial charge on any atom is 0.191 e. The van der Waals surface area contributed by atoms with E-state index in [2.05, 4.69) is 22.2 Å². The van der Waals surface area contributed by atoms with Gasteiger partial charge < -0.3 is 15.4 Å². The summed E-state index contributed by atoms with van der Waals surface area (Å²) in [7, 11) is 1.74. The normalized spacial score (nSPS) is 10.9. The molecule has 0 heterocycles. The van der Waals surface area contributed by atoms with Crippen LogP contribution in [0.3, 0.4) is 0 Å². The largest absolute Gasteiger partial charge is 0.491 e. The van der Waals surface area contributed by atoms with E-state index in [1.807, 2.05) is 31.2 Å². The summed E-state index contributed by atoms with van der Waals surface area (Å²) in [6.45, 7) is 7.67. The molecule has 0 aliphatic rings. The van der Waals surface area contributed by atoms with Crippen molar-refractivity contribution < 1.29 is 4.74 Å². The fraction of sp³-hybridized carbons (Fsp3) is 0.357. The van der Waals surface area contributed by atoms with E-state index in [0.29, 0.717) is 19.7 Å². The second-order valence-corrected chi connectivity index (χ2v) is 3.78. The summed E-state index contributed by atoms with van der Waals surface area (Å²) in [5, 5.41) is 6.25. The van der Waals surface area contributed by atoms with Crippen molar-refractivity contribution in [2.24, 2.45) is 4.99 Å². The summed E-state index contributed by atoms with van der Waals surface area (Å²) < 4.78 is 5.67. The molecule has 0 aromatic heterocycles. The Hall–Kier alpha value is -1.97. The molecular formula is C14H21N3O. The highest BCUT2D eigenvalue weighted by Gasteiger charge is 1.98. The van der Waals surface area contributed by atoms with Crippen LogP contribution in [0.25, 0.3) is 0 Å². The Morgan fingerprint density at radius 3 is 2.83 bits per heavy atom. The lowest BCUT2D eigenvalue weighted by Crippen LogP contribution is -2.39. The number of guanidine groups is 1. The lowest BCUT2D eigenvalue weighted by Gasteiger charge is -2.12. The molecular weight excluding hydrogens is 226 g/mol. The number of nitrogens with zero attached hydrogens (tertiary/aromatic N) is 1. The Bertz CT molecular complexity index is 402. The van der Waals surface area contributed by atoms with Gasteiger partial charge >= 0.3 is 0 Å². The van der Waals surface area contributed by atoms with E-state index in [0.717, 1.165) is 17.3 Å². The van der Waals surface area contributed by atoms with Crippen LogP contribution in [0, 0.1) is 6.92 Å². The molecule has 1 aromatic carbocycles. The van der Waals surface area contributed by atoms with Crippen molar-refractivity contribution in [1.82, 2.24) is 10.6 Å². The van der Waals surface area contributed by atoms with Crippen molar-refractivity contribution >= 4 is 5.96 Å². The zero-order chi connectivity index (χ0) is 13.2. The number of aryl methyl sites for hydroxylation is 1. The van der Waals surface area contributed by atoms with Gasteiger partial charge in [0.2, 0.25) is 0 Å². The standard InChI is InChI=1S/C14H21N3O/c1-4-9-16-14(15-3)17-10-11-18-13-8-6-5-7-12(13)2/h4-8H,1,9-11H2,2-3H3,(H2,15,16,17). The minimum absolute atomic E-state index is 0.597. The second-order valence-electron chi connectivity index (χ2n) is 3.78. The molecule has 0 aliphatic carbocycles. The van der Waals surface area contributed by atoms with E-state index in [1.165, 1.54) is 0 Å². The second kappa shape index (κ2) is 8.17. The molecule has 98 valence electrons. The van der Waals surface area contributed by atoms with Gasteiger partial charge in [-0.15, -0.1) is 6.58 Å². The summed E-state index contributed by atoms with van der Waals surface area (Å²) in [6, 6.07) is 7.98. The molecule has 4 heteroatoms. The van der Waals surface area contributed by atoms with Gasteiger partial charge in [0, 0.05) is 13.6 Å². The maximum atomic E-state index is 5.67. The number of hydrogen-bond donors (Lipinski definition) is 2. The smallest absolute Gasteiger partial charge is 0.191 e. The molecule has 18 heavy (non-hydrogen) atoms. The molecule has 0 unspecified atom stereocenters. The molecule has 0 aliphatic heterocycles. The van der Waals surface area contributed by atoms with Crippen LogP contribution >= 0.6 is 0 Å². The van der Waals surface area contributed by atoms with E-state index in [9.17, 15) is 0 Å².